The molecule has 0 spiro atoms. The average Bonchev–Trinajstić information content (AvgIpc) is 3.07. The first-order valence-corrected chi connectivity index (χ1v) is 8.82. The van der Waals surface area contributed by atoms with Crippen molar-refractivity contribution in [2.75, 3.05) is 5.32 Å². The summed E-state index contributed by atoms with van der Waals surface area (Å²) in [5.41, 5.74) is 2.57. The first-order valence-electron chi connectivity index (χ1n) is 8.01. The normalized spacial score (nSPS) is 10.7. The number of hydrogen-bond donors (Lipinski definition) is 2. The molecule has 3 aromatic carbocycles. The molecule has 0 saturated heterocycles. The summed E-state index contributed by atoms with van der Waals surface area (Å²) < 4.78 is 0. The van der Waals surface area contributed by atoms with Crippen LogP contribution in [0.25, 0.3) is 10.9 Å². The summed E-state index contributed by atoms with van der Waals surface area (Å²) in [4.78, 5) is 17.9. The van der Waals surface area contributed by atoms with Crippen molar-refractivity contribution in [2.45, 2.75) is 9.79 Å². The minimum absolute atomic E-state index is 0.104. The lowest BCUT2D eigenvalue weighted by Gasteiger charge is -2.10. The number of carbonyl (C=O) groups is 1. The molecule has 0 aliphatic heterocycles. The molecular weight excluding hydrogens is 328 g/mol. The highest BCUT2D eigenvalue weighted by Crippen LogP contribution is 2.37. The van der Waals surface area contributed by atoms with Crippen molar-refractivity contribution < 1.29 is 4.79 Å². The van der Waals surface area contributed by atoms with Gasteiger partial charge >= 0.3 is 0 Å². The highest BCUT2D eigenvalue weighted by molar-refractivity contribution is 7.99. The number of amides is 1. The van der Waals surface area contributed by atoms with Crippen molar-refractivity contribution in [3.8, 4) is 0 Å². The van der Waals surface area contributed by atoms with E-state index in [9.17, 15) is 4.79 Å². The third-order valence-corrected chi connectivity index (χ3v) is 5.08. The number of aromatic amines is 1. The number of anilines is 1. The van der Waals surface area contributed by atoms with Gasteiger partial charge in [0, 0.05) is 32.5 Å². The zero-order valence-corrected chi connectivity index (χ0v) is 14.2. The Morgan fingerprint density at radius 3 is 2.40 bits per heavy atom. The Kier molecular flexibility index (Phi) is 4.27. The summed E-state index contributed by atoms with van der Waals surface area (Å²) in [6, 6.07) is 25.3. The largest absolute Gasteiger partial charge is 0.360 e. The van der Waals surface area contributed by atoms with Gasteiger partial charge in [0.15, 0.2) is 0 Å². The second-order valence-corrected chi connectivity index (χ2v) is 6.70. The number of rotatable bonds is 4. The van der Waals surface area contributed by atoms with E-state index in [0.717, 1.165) is 21.0 Å². The van der Waals surface area contributed by atoms with E-state index in [4.69, 9.17) is 0 Å². The van der Waals surface area contributed by atoms with E-state index in [0.29, 0.717) is 5.56 Å². The maximum atomic E-state index is 12.5. The van der Waals surface area contributed by atoms with Crippen LogP contribution in [-0.2, 0) is 0 Å². The number of para-hydroxylation sites is 2. The molecule has 25 heavy (non-hydrogen) atoms. The smallest absolute Gasteiger partial charge is 0.255 e. The molecule has 1 aromatic heterocycles. The predicted molar refractivity (Wildman–Crippen MR) is 103 cm³/mol. The number of H-pyrrole nitrogens is 1. The number of fused-ring (bicyclic) bond motifs is 1. The summed E-state index contributed by atoms with van der Waals surface area (Å²) in [5.74, 6) is -0.104. The molecule has 0 aliphatic rings. The van der Waals surface area contributed by atoms with Gasteiger partial charge < -0.3 is 10.3 Å². The molecule has 3 nitrogen and oxygen atoms in total. The molecule has 0 atom stereocenters. The van der Waals surface area contributed by atoms with Gasteiger partial charge in [-0.2, -0.15) is 0 Å². The number of hydrogen-bond acceptors (Lipinski definition) is 2. The molecule has 1 heterocycles. The summed E-state index contributed by atoms with van der Waals surface area (Å²) in [7, 11) is 0. The topological polar surface area (TPSA) is 44.9 Å². The summed E-state index contributed by atoms with van der Waals surface area (Å²) >= 11 is 1.64. The van der Waals surface area contributed by atoms with Crippen LogP contribution in [0.5, 0.6) is 0 Å². The Bertz CT molecular complexity index is 1020. The Balaban J connectivity index is 1.62. The van der Waals surface area contributed by atoms with Gasteiger partial charge in [0.1, 0.15) is 0 Å². The number of nitrogens with one attached hydrogen (secondary N) is 2. The van der Waals surface area contributed by atoms with Crippen LogP contribution in [0.4, 0.5) is 5.69 Å². The van der Waals surface area contributed by atoms with Crippen molar-refractivity contribution in [1.29, 1.82) is 0 Å². The van der Waals surface area contributed by atoms with Gasteiger partial charge in [-0.05, 0) is 30.3 Å². The number of aromatic nitrogens is 1. The quantitative estimate of drug-likeness (QED) is 0.508. The van der Waals surface area contributed by atoms with E-state index in [1.165, 1.54) is 5.39 Å². The molecule has 0 unspecified atom stereocenters. The molecule has 1 amide bonds. The lowest BCUT2D eigenvalue weighted by Crippen LogP contribution is -2.12. The van der Waals surface area contributed by atoms with Gasteiger partial charge in [-0.1, -0.05) is 60.3 Å². The molecular formula is C21H16N2OS. The van der Waals surface area contributed by atoms with Crippen molar-refractivity contribution in [3.05, 3.63) is 90.6 Å². The zero-order valence-electron chi connectivity index (χ0n) is 13.4. The molecule has 0 aliphatic carbocycles. The van der Waals surface area contributed by atoms with E-state index in [1.807, 2.05) is 72.9 Å². The molecule has 4 heteroatoms. The SMILES string of the molecule is O=C(Nc1ccccc1Sc1c[nH]c2ccccc12)c1ccccc1. The van der Waals surface area contributed by atoms with Crippen LogP contribution >= 0.6 is 11.8 Å². The minimum atomic E-state index is -0.104. The van der Waals surface area contributed by atoms with Gasteiger partial charge in [0.05, 0.1) is 5.69 Å². The summed E-state index contributed by atoms with van der Waals surface area (Å²) in [6.45, 7) is 0. The van der Waals surface area contributed by atoms with E-state index < -0.39 is 0 Å². The maximum absolute atomic E-state index is 12.5. The lowest BCUT2D eigenvalue weighted by molar-refractivity contribution is 0.102. The van der Waals surface area contributed by atoms with Crippen LogP contribution in [0.15, 0.2) is 94.9 Å². The molecule has 0 fully saturated rings. The monoisotopic (exact) mass is 344 g/mol. The van der Waals surface area contributed by atoms with E-state index in [2.05, 4.69) is 22.4 Å². The van der Waals surface area contributed by atoms with Crippen LogP contribution < -0.4 is 5.32 Å². The van der Waals surface area contributed by atoms with Crippen LogP contribution in [0, 0.1) is 0 Å². The van der Waals surface area contributed by atoms with Gasteiger partial charge in [-0.25, -0.2) is 0 Å². The second kappa shape index (κ2) is 6.87. The molecule has 0 radical (unpaired) electrons. The Morgan fingerprint density at radius 2 is 1.52 bits per heavy atom. The van der Waals surface area contributed by atoms with Crippen molar-refractivity contribution in [3.63, 3.8) is 0 Å². The maximum Gasteiger partial charge on any atom is 0.255 e. The minimum Gasteiger partial charge on any atom is -0.360 e. The second-order valence-electron chi connectivity index (χ2n) is 5.62. The average molecular weight is 344 g/mol. The summed E-state index contributed by atoms with van der Waals surface area (Å²) in [5, 5.41) is 4.19. The first kappa shape index (κ1) is 15.5. The van der Waals surface area contributed by atoms with Crippen LogP contribution in [0.2, 0.25) is 0 Å². The zero-order chi connectivity index (χ0) is 17.1. The highest BCUT2D eigenvalue weighted by Gasteiger charge is 2.11. The van der Waals surface area contributed by atoms with Crippen molar-refractivity contribution in [2.24, 2.45) is 0 Å². The fourth-order valence-electron chi connectivity index (χ4n) is 2.69. The van der Waals surface area contributed by atoms with Crippen molar-refractivity contribution >= 4 is 34.3 Å². The molecule has 122 valence electrons. The van der Waals surface area contributed by atoms with Gasteiger partial charge in [-0.3, -0.25) is 4.79 Å². The molecule has 4 aromatic rings. The first-order chi connectivity index (χ1) is 12.3. The fraction of sp³-hybridized carbons (Fsp3) is 0. The molecule has 2 N–H and O–H groups in total. The summed E-state index contributed by atoms with van der Waals surface area (Å²) in [6.07, 6.45) is 2.01. The number of benzene rings is 3. The standard InChI is InChI=1S/C21H16N2OS/c24-21(15-8-2-1-3-9-15)23-18-12-6-7-13-19(18)25-20-14-22-17-11-5-4-10-16(17)20/h1-14,22H,(H,23,24). The predicted octanol–water partition coefficient (Wildman–Crippen LogP) is 5.57. The third kappa shape index (κ3) is 3.30. The van der Waals surface area contributed by atoms with E-state index in [-0.39, 0.29) is 5.91 Å². The van der Waals surface area contributed by atoms with Crippen LogP contribution in [0.1, 0.15) is 10.4 Å². The van der Waals surface area contributed by atoms with Crippen LogP contribution in [0.3, 0.4) is 0 Å². The van der Waals surface area contributed by atoms with Crippen LogP contribution in [-0.4, -0.2) is 10.9 Å². The third-order valence-electron chi connectivity index (χ3n) is 3.94. The van der Waals surface area contributed by atoms with Gasteiger partial charge in [-0.15, -0.1) is 0 Å². The molecule has 4 rings (SSSR count). The van der Waals surface area contributed by atoms with E-state index in [1.54, 1.807) is 11.8 Å². The molecule has 0 saturated carbocycles. The van der Waals surface area contributed by atoms with Crippen molar-refractivity contribution in [1.82, 2.24) is 4.98 Å². The van der Waals surface area contributed by atoms with E-state index >= 15 is 0 Å². The van der Waals surface area contributed by atoms with Gasteiger partial charge in [0.25, 0.3) is 5.91 Å². The fourth-order valence-corrected chi connectivity index (χ4v) is 3.71. The lowest BCUT2D eigenvalue weighted by atomic mass is 10.2. The number of carbonyl (C=O) groups excluding carboxylic acids is 1. The molecule has 0 bridgehead atoms. The Labute approximate surface area is 150 Å². The Morgan fingerprint density at radius 1 is 0.800 bits per heavy atom. The Hall–Kier alpha value is -2.98. The van der Waals surface area contributed by atoms with Gasteiger partial charge in [0.2, 0.25) is 0 Å². The highest BCUT2D eigenvalue weighted by atomic mass is 32.2.